The first kappa shape index (κ1) is 10.5. The molecule has 84 valence electrons. The molecule has 0 fully saturated rings. The SMILES string of the molecule is Cc1[nH]c2ccccc2[n+]1CCC(N)=[NH+]O. The van der Waals surface area contributed by atoms with Crippen molar-refractivity contribution in [2.45, 2.75) is 19.9 Å². The average Bonchev–Trinajstić information content (AvgIpc) is 2.62. The van der Waals surface area contributed by atoms with Gasteiger partial charge in [-0.2, -0.15) is 0 Å². The van der Waals surface area contributed by atoms with Gasteiger partial charge in [0, 0.05) is 6.92 Å². The normalized spacial score (nSPS) is 12.2. The van der Waals surface area contributed by atoms with Crippen LogP contribution in [0.3, 0.4) is 0 Å². The molecule has 1 aromatic carbocycles. The molecule has 0 spiro atoms. The van der Waals surface area contributed by atoms with Crippen molar-refractivity contribution in [3.8, 4) is 0 Å². The lowest BCUT2D eigenvalue weighted by Gasteiger charge is -1.96. The number of aromatic amines is 1. The van der Waals surface area contributed by atoms with Crippen molar-refractivity contribution in [2.24, 2.45) is 5.73 Å². The van der Waals surface area contributed by atoms with E-state index in [9.17, 15) is 0 Å². The molecular weight excluding hydrogens is 204 g/mol. The third-order valence-electron chi connectivity index (χ3n) is 2.66. The maximum absolute atomic E-state index is 8.62. The number of amidine groups is 1. The zero-order valence-corrected chi connectivity index (χ0v) is 9.20. The van der Waals surface area contributed by atoms with Gasteiger partial charge in [-0.15, -0.1) is 0 Å². The van der Waals surface area contributed by atoms with Gasteiger partial charge in [0.2, 0.25) is 0 Å². The van der Waals surface area contributed by atoms with E-state index < -0.39 is 0 Å². The number of hydrogen-bond donors (Lipinski definition) is 4. The molecule has 2 aromatic rings. The lowest BCUT2D eigenvalue weighted by atomic mass is 10.3. The van der Waals surface area contributed by atoms with Gasteiger partial charge in [0.1, 0.15) is 6.54 Å². The number of nitrogens with two attached hydrogens (primary N) is 1. The number of benzene rings is 1. The number of para-hydroxylation sites is 2. The molecular formula is C11H16N4O+2. The topological polar surface area (TPSA) is 79.9 Å². The van der Waals surface area contributed by atoms with Gasteiger partial charge in [-0.1, -0.05) is 17.3 Å². The molecule has 16 heavy (non-hydrogen) atoms. The zero-order valence-electron chi connectivity index (χ0n) is 9.20. The number of nitrogens with zero attached hydrogens (tertiary/aromatic N) is 1. The van der Waals surface area contributed by atoms with E-state index in [0.29, 0.717) is 12.3 Å². The summed E-state index contributed by atoms with van der Waals surface area (Å²) in [6.45, 7) is 2.75. The standard InChI is InChI=1S/C11H14N4O/c1-8-13-9-4-2-3-5-10(9)15(8)7-6-11(12)14-16/h2-5H,6-7H2,1H3,(H3,12,14,16)/p+2. The van der Waals surface area contributed by atoms with Crippen molar-refractivity contribution >= 4 is 16.9 Å². The number of rotatable bonds is 3. The van der Waals surface area contributed by atoms with Crippen LogP contribution in [-0.4, -0.2) is 16.0 Å². The Balaban J connectivity index is 2.33. The predicted octanol–water partition coefficient (Wildman–Crippen LogP) is -1.02. The molecule has 0 aliphatic heterocycles. The number of aromatic nitrogens is 2. The zero-order chi connectivity index (χ0) is 11.5. The van der Waals surface area contributed by atoms with E-state index in [1.165, 1.54) is 0 Å². The fraction of sp³-hybridized carbons (Fsp3) is 0.273. The molecule has 0 aliphatic rings. The fourth-order valence-corrected chi connectivity index (χ4v) is 1.83. The van der Waals surface area contributed by atoms with Crippen LogP contribution < -0.4 is 15.5 Å². The quantitative estimate of drug-likeness (QED) is 0.176. The van der Waals surface area contributed by atoms with E-state index in [2.05, 4.69) is 15.6 Å². The van der Waals surface area contributed by atoms with Gasteiger partial charge in [0.05, 0.1) is 6.42 Å². The first-order valence-corrected chi connectivity index (χ1v) is 5.21. The van der Waals surface area contributed by atoms with E-state index in [-0.39, 0.29) is 0 Å². The summed E-state index contributed by atoms with van der Waals surface area (Å²) in [5, 5.41) is 10.6. The molecule has 1 heterocycles. The number of imidazole rings is 1. The van der Waals surface area contributed by atoms with Crippen LogP contribution >= 0.6 is 0 Å². The van der Waals surface area contributed by atoms with Crippen LogP contribution in [0.5, 0.6) is 0 Å². The smallest absolute Gasteiger partial charge is 0.283 e. The van der Waals surface area contributed by atoms with E-state index >= 15 is 0 Å². The Bertz CT molecular complexity index is 530. The van der Waals surface area contributed by atoms with Crippen molar-refractivity contribution in [3.63, 3.8) is 0 Å². The Kier molecular flexibility index (Phi) is 2.76. The molecule has 0 saturated carbocycles. The van der Waals surface area contributed by atoms with Crippen LogP contribution in [-0.2, 0) is 6.54 Å². The van der Waals surface area contributed by atoms with E-state index in [1.807, 2.05) is 30.3 Å². The average molecular weight is 220 g/mol. The number of fused-ring (bicyclic) bond motifs is 1. The highest BCUT2D eigenvalue weighted by Crippen LogP contribution is 2.08. The molecule has 0 saturated heterocycles. The Labute approximate surface area is 93.2 Å². The Morgan fingerprint density at radius 3 is 3.00 bits per heavy atom. The first-order chi connectivity index (χ1) is 7.72. The maximum atomic E-state index is 8.62. The van der Waals surface area contributed by atoms with Gasteiger partial charge in [0.25, 0.3) is 11.7 Å². The van der Waals surface area contributed by atoms with Crippen molar-refractivity contribution in [2.75, 3.05) is 0 Å². The highest BCUT2D eigenvalue weighted by Gasteiger charge is 2.14. The minimum absolute atomic E-state index is 0.372. The van der Waals surface area contributed by atoms with Crippen LogP contribution in [0.25, 0.3) is 11.0 Å². The monoisotopic (exact) mass is 220 g/mol. The van der Waals surface area contributed by atoms with Gasteiger partial charge in [-0.3, -0.25) is 5.73 Å². The van der Waals surface area contributed by atoms with Crippen LogP contribution in [0, 0.1) is 6.92 Å². The van der Waals surface area contributed by atoms with Crippen molar-refractivity contribution in [3.05, 3.63) is 30.1 Å². The van der Waals surface area contributed by atoms with E-state index in [0.717, 1.165) is 23.4 Å². The van der Waals surface area contributed by atoms with E-state index in [4.69, 9.17) is 10.9 Å². The Morgan fingerprint density at radius 2 is 2.25 bits per heavy atom. The molecule has 0 aliphatic carbocycles. The van der Waals surface area contributed by atoms with Crippen LogP contribution in [0.4, 0.5) is 0 Å². The summed E-state index contributed by atoms with van der Waals surface area (Å²) >= 11 is 0. The van der Waals surface area contributed by atoms with Gasteiger partial charge < -0.3 is 5.21 Å². The molecule has 2 rings (SSSR count). The second-order valence-electron chi connectivity index (χ2n) is 3.77. The molecule has 5 N–H and O–H groups in total. The Hall–Kier alpha value is -2.04. The fourth-order valence-electron chi connectivity index (χ4n) is 1.83. The summed E-state index contributed by atoms with van der Waals surface area (Å²) in [5.74, 6) is 1.45. The third kappa shape index (κ3) is 1.84. The number of H-pyrrole nitrogens is 1. The largest absolute Gasteiger partial charge is 0.357 e. The van der Waals surface area contributed by atoms with Gasteiger partial charge in [-0.25, -0.2) is 9.55 Å². The van der Waals surface area contributed by atoms with Gasteiger partial charge in [0.15, 0.2) is 11.0 Å². The first-order valence-electron chi connectivity index (χ1n) is 5.21. The maximum Gasteiger partial charge on any atom is 0.283 e. The summed E-state index contributed by atoms with van der Waals surface area (Å²) in [5.41, 5.74) is 7.77. The number of hydrogen-bond acceptors (Lipinski definition) is 1. The molecule has 0 radical (unpaired) electrons. The number of aryl methyl sites for hydroxylation is 2. The summed E-state index contributed by atoms with van der Waals surface area (Å²) in [6, 6.07) is 8.10. The second-order valence-corrected chi connectivity index (χ2v) is 3.77. The van der Waals surface area contributed by atoms with Gasteiger partial charge >= 0.3 is 0 Å². The molecule has 0 atom stereocenters. The predicted molar refractivity (Wildman–Crippen MR) is 59.8 cm³/mol. The van der Waals surface area contributed by atoms with Crippen molar-refractivity contribution in [1.82, 2.24) is 4.98 Å². The lowest BCUT2D eigenvalue weighted by Crippen LogP contribution is -2.72. The molecule has 0 amide bonds. The molecule has 1 aromatic heterocycles. The minimum atomic E-state index is 0.372. The highest BCUT2D eigenvalue weighted by atomic mass is 16.4. The molecule has 5 nitrogen and oxygen atoms in total. The summed E-state index contributed by atoms with van der Waals surface area (Å²) in [7, 11) is 0. The van der Waals surface area contributed by atoms with E-state index in [1.54, 1.807) is 0 Å². The molecule has 0 unspecified atom stereocenters. The highest BCUT2D eigenvalue weighted by molar-refractivity contribution is 5.74. The van der Waals surface area contributed by atoms with Crippen LogP contribution in [0.15, 0.2) is 24.3 Å². The van der Waals surface area contributed by atoms with Crippen LogP contribution in [0.2, 0.25) is 0 Å². The molecule has 5 heteroatoms. The van der Waals surface area contributed by atoms with Crippen molar-refractivity contribution < 1.29 is 14.9 Å². The van der Waals surface area contributed by atoms with Gasteiger partial charge in [-0.05, 0) is 12.1 Å². The minimum Gasteiger partial charge on any atom is -0.357 e. The Morgan fingerprint density at radius 1 is 1.50 bits per heavy atom. The summed E-state index contributed by atoms with van der Waals surface area (Å²) in [6.07, 6.45) is 0.587. The lowest BCUT2D eigenvalue weighted by molar-refractivity contribution is -0.740. The summed E-state index contributed by atoms with van der Waals surface area (Å²) < 4.78 is 2.14. The number of nitrogens with one attached hydrogen (secondary N) is 2. The van der Waals surface area contributed by atoms with Crippen molar-refractivity contribution in [1.29, 1.82) is 0 Å². The summed E-state index contributed by atoms with van der Waals surface area (Å²) in [4.78, 5) is 3.30. The second kappa shape index (κ2) is 4.22. The molecule has 0 bridgehead atoms. The third-order valence-corrected chi connectivity index (χ3v) is 2.66. The van der Waals surface area contributed by atoms with Crippen LogP contribution in [0.1, 0.15) is 12.2 Å².